The van der Waals surface area contributed by atoms with Gasteiger partial charge in [-0.3, -0.25) is 19.8 Å². The molecule has 1 amide bonds. The molecule has 34 heavy (non-hydrogen) atoms. The number of hydrogen-bond donors (Lipinski definition) is 0. The maximum absolute atomic E-state index is 13.6. The molecule has 0 aliphatic carbocycles. The Hall–Kier alpha value is -2.99. The largest absolute Gasteiger partial charge is 0.495 e. The third-order valence-corrected chi connectivity index (χ3v) is 7.26. The van der Waals surface area contributed by atoms with E-state index < -0.39 is 4.92 Å². The summed E-state index contributed by atoms with van der Waals surface area (Å²) in [5.41, 5.74) is 0.626. The zero-order valence-corrected chi connectivity index (χ0v) is 21.4. The van der Waals surface area contributed by atoms with Crippen LogP contribution in [0.15, 0.2) is 36.4 Å². The lowest BCUT2D eigenvalue weighted by atomic mass is 10.2. The molecule has 180 valence electrons. The Bertz CT molecular complexity index is 1310. The number of carbonyl (C=O) groups excluding carboxylic acids is 1. The van der Waals surface area contributed by atoms with Gasteiger partial charge in [0, 0.05) is 35.3 Å². The number of fused-ring (bicyclic) bond motifs is 2. The summed E-state index contributed by atoms with van der Waals surface area (Å²) >= 11 is 2.67. The molecule has 0 saturated carbocycles. The van der Waals surface area contributed by atoms with E-state index in [2.05, 4.69) is 0 Å². The Balaban J connectivity index is 0.00000324. The second-order valence-electron chi connectivity index (χ2n) is 7.49. The van der Waals surface area contributed by atoms with E-state index in [9.17, 15) is 14.9 Å². The van der Waals surface area contributed by atoms with Crippen molar-refractivity contribution in [1.82, 2.24) is 9.88 Å². The van der Waals surface area contributed by atoms with Gasteiger partial charge in [-0.15, -0.1) is 23.7 Å². The van der Waals surface area contributed by atoms with Gasteiger partial charge in [-0.25, -0.2) is 4.98 Å². The molecule has 0 atom stereocenters. The van der Waals surface area contributed by atoms with Gasteiger partial charge >= 0.3 is 0 Å². The Kier molecular flexibility index (Phi) is 7.93. The molecule has 2 aromatic carbocycles. The highest BCUT2D eigenvalue weighted by atomic mass is 35.5. The topological polar surface area (TPSA) is 98.0 Å². The number of rotatable bonds is 8. The van der Waals surface area contributed by atoms with Crippen LogP contribution in [0.4, 0.5) is 10.8 Å². The summed E-state index contributed by atoms with van der Waals surface area (Å²) in [6.45, 7) is 1.05. The van der Waals surface area contributed by atoms with E-state index >= 15 is 0 Å². The number of amides is 1. The molecule has 0 aliphatic heterocycles. The number of thiophene rings is 1. The number of non-ortho nitro benzene ring substituents is 1. The summed E-state index contributed by atoms with van der Waals surface area (Å²) in [6, 6.07) is 9.91. The number of aromatic nitrogens is 1. The molecule has 0 saturated heterocycles. The van der Waals surface area contributed by atoms with Crippen molar-refractivity contribution in [2.45, 2.75) is 0 Å². The highest BCUT2D eigenvalue weighted by Gasteiger charge is 2.25. The third-order valence-electron chi connectivity index (χ3n) is 5.07. The maximum Gasteiger partial charge on any atom is 0.270 e. The van der Waals surface area contributed by atoms with Gasteiger partial charge in [-0.1, -0.05) is 11.3 Å². The lowest BCUT2D eigenvalue weighted by molar-refractivity contribution is -0.384. The van der Waals surface area contributed by atoms with Gasteiger partial charge in [-0.05, 0) is 38.4 Å². The Morgan fingerprint density at radius 2 is 1.76 bits per heavy atom. The molecule has 0 radical (unpaired) electrons. The van der Waals surface area contributed by atoms with E-state index in [4.69, 9.17) is 14.5 Å². The Morgan fingerprint density at radius 1 is 1.06 bits per heavy atom. The fraction of sp³-hybridized carbons (Fsp3) is 0.273. The molecule has 0 N–H and O–H groups in total. The molecule has 0 spiro atoms. The average Bonchev–Trinajstić information content (AvgIpc) is 3.42. The van der Waals surface area contributed by atoms with Crippen LogP contribution in [0.25, 0.3) is 20.3 Å². The van der Waals surface area contributed by atoms with Gasteiger partial charge in [0.2, 0.25) is 0 Å². The van der Waals surface area contributed by atoms with E-state index in [-0.39, 0.29) is 24.0 Å². The van der Waals surface area contributed by atoms with E-state index in [1.54, 1.807) is 37.3 Å². The van der Waals surface area contributed by atoms with Crippen LogP contribution in [0, 0.1) is 10.1 Å². The Labute approximate surface area is 210 Å². The summed E-state index contributed by atoms with van der Waals surface area (Å²) in [7, 11) is 7.04. The van der Waals surface area contributed by atoms with Crippen molar-refractivity contribution in [2.24, 2.45) is 0 Å². The molecule has 9 nitrogen and oxygen atoms in total. The van der Waals surface area contributed by atoms with Crippen LogP contribution in [0.3, 0.4) is 0 Å². The predicted octanol–water partition coefficient (Wildman–Crippen LogP) is 5.07. The molecular formula is C22H23ClN4O5S2. The molecule has 0 fully saturated rings. The van der Waals surface area contributed by atoms with Gasteiger partial charge in [0.1, 0.15) is 21.7 Å². The molecule has 2 aromatic heterocycles. The normalized spacial score (nSPS) is 11.0. The minimum absolute atomic E-state index is 0. The summed E-state index contributed by atoms with van der Waals surface area (Å²) in [5, 5.41) is 12.3. The predicted molar refractivity (Wildman–Crippen MR) is 139 cm³/mol. The number of benzene rings is 2. The first-order chi connectivity index (χ1) is 15.8. The number of hydrogen-bond acceptors (Lipinski definition) is 9. The smallest absolute Gasteiger partial charge is 0.270 e. The minimum Gasteiger partial charge on any atom is -0.495 e. The number of carbonyl (C=O) groups is 1. The van der Waals surface area contributed by atoms with Crippen molar-refractivity contribution in [3.8, 4) is 11.5 Å². The second-order valence-corrected chi connectivity index (χ2v) is 9.56. The fourth-order valence-corrected chi connectivity index (χ4v) is 5.45. The van der Waals surface area contributed by atoms with Crippen molar-refractivity contribution >= 4 is 72.1 Å². The highest BCUT2D eigenvalue weighted by molar-refractivity contribution is 7.23. The number of likely N-dealkylation sites (N-methyl/N-ethyl adjacent to an activating group) is 1. The molecule has 4 rings (SSSR count). The highest BCUT2D eigenvalue weighted by Crippen LogP contribution is 2.41. The van der Waals surface area contributed by atoms with Crippen LogP contribution in [0.2, 0.25) is 0 Å². The van der Waals surface area contributed by atoms with Gasteiger partial charge in [0.25, 0.3) is 11.6 Å². The SMILES string of the molecule is COc1ccc(OC)c2sc(N(CCN(C)C)C(=O)c3cc4cc([N+](=O)[O-])ccc4s3)nc12.Cl. The molecule has 0 bridgehead atoms. The molecule has 2 heterocycles. The molecular weight excluding hydrogens is 500 g/mol. The first-order valence-electron chi connectivity index (χ1n) is 9.98. The van der Waals surface area contributed by atoms with Gasteiger partial charge in [0.15, 0.2) is 5.13 Å². The minimum atomic E-state index is -0.441. The lowest BCUT2D eigenvalue weighted by Crippen LogP contribution is -2.36. The van der Waals surface area contributed by atoms with Crippen LogP contribution >= 0.6 is 35.1 Å². The third kappa shape index (κ3) is 4.92. The van der Waals surface area contributed by atoms with Crippen molar-refractivity contribution in [3.05, 3.63) is 51.4 Å². The van der Waals surface area contributed by atoms with Crippen LogP contribution in [0.5, 0.6) is 11.5 Å². The number of anilines is 1. The van der Waals surface area contributed by atoms with Crippen molar-refractivity contribution < 1.29 is 19.2 Å². The summed E-state index contributed by atoms with van der Waals surface area (Å²) in [5.74, 6) is 1.05. The average molecular weight is 523 g/mol. The lowest BCUT2D eigenvalue weighted by Gasteiger charge is -2.21. The number of nitro benzene ring substituents is 1. The van der Waals surface area contributed by atoms with Crippen LogP contribution in [0.1, 0.15) is 9.67 Å². The van der Waals surface area contributed by atoms with E-state index in [0.717, 1.165) is 9.40 Å². The van der Waals surface area contributed by atoms with Crippen LogP contribution in [-0.4, -0.2) is 62.1 Å². The second kappa shape index (κ2) is 10.5. The number of halogens is 1. The van der Waals surface area contributed by atoms with Crippen molar-refractivity contribution in [3.63, 3.8) is 0 Å². The maximum atomic E-state index is 13.6. The molecule has 12 heteroatoms. The van der Waals surface area contributed by atoms with Gasteiger partial charge in [-0.2, -0.15) is 0 Å². The number of ether oxygens (including phenoxy) is 2. The van der Waals surface area contributed by atoms with Gasteiger partial charge < -0.3 is 14.4 Å². The van der Waals surface area contributed by atoms with E-state index in [1.165, 1.54) is 34.8 Å². The quantitative estimate of drug-likeness (QED) is 0.235. The number of nitro groups is 1. The van der Waals surface area contributed by atoms with E-state index in [1.807, 2.05) is 25.1 Å². The molecule has 0 unspecified atom stereocenters. The van der Waals surface area contributed by atoms with Crippen molar-refractivity contribution in [1.29, 1.82) is 0 Å². The standard InChI is InChI=1S/C22H22N4O5S2.ClH/c1-24(2)9-10-25(22-23-19-15(30-3)6-7-16(31-4)20(19)33-22)21(27)18-12-13-11-14(26(28)29)5-8-17(13)32-18;/h5-8,11-12H,9-10H2,1-4H3;1H. The first-order valence-corrected chi connectivity index (χ1v) is 11.6. The van der Waals surface area contributed by atoms with Gasteiger partial charge in [0.05, 0.1) is 24.0 Å². The zero-order chi connectivity index (χ0) is 23.7. The van der Waals surface area contributed by atoms with E-state index in [0.29, 0.717) is 45.5 Å². The Morgan fingerprint density at radius 3 is 2.41 bits per heavy atom. The first kappa shape index (κ1) is 25.6. The summed E-state index contributed by atoms with van der Waals surface area (Å²) in [4.78, 5) is 33.1. The zero-order valence-electron chi connectivity index (χ0n) is 18.9. The number of methoxy groups -OCH3 is 2. The number of nitrogens with zero attached hydrogens (tertiary/aromatic N) is 4. The monoisotopic (exact) mass is 522 g/mol. The van der Waals surface area contributed by atoms with Crippen molar-refractivity contribution in [2.75, 3.05) is 46.3 Å². The van der Waals surface area contributed by atoms with Crippen LogP contribution < -0.4 is 14.4 Å². The molecule has 0 aliphatic rings. The summed E-state index contributed by atoms with van der Waals surface area (Å²) in [6.07, 6.45) is 0. The summed E-state index contributed by atoms with van der Waals surface area (Å²) < 4.78 is 12.5. The fourth-order valence-electron chi connectivity index (χ4n) is 3.36. The molecule has 4 aromatic rings. The number of thiazole rings is 1. The van der Waals surface area contributed by atoms with Crippen LogP contribution in [-0.2, 0) is 0 Å².